The summed E-state index contributed by atoms with van der Waals surface area (Å²) in [6.45, 7) is 0.365. The first-order chi connectivity index (χ1) is 7.71. The lowest BCUT2D eigenvalue weighted by Gasteiger charge is -2.13. The van der Waals surface area contributed by atoms with Gasteiger partial charge in [-0.15, -0.1) is 0 Å². The standard InChI is InChI=1S/C11H16N2O3/c1-15-10-3-9(6-13-7-10)8(5-12)4-11(14)16-2/h3,6-8H,4-5,12H2,1-2H3. The lowest BCUT2D eigenvalue weighted by molar-refractivity contribution is -0.141. The molecule has 0 radical (unpaired) electrons. The number of nitrogens with two attached hydrogens (primary N) is 1. The first-order valence-corrected chi connectivity index (χ1v) is 4.97. The molecular weight excluding hydrogens is 208 g/mol. The van der Waals surface area contributed by atoms with Gasteiger partial charge in [0, 0.05) is 12.1 Å². The number of esters is 1. The highest BCUT2D eigenvalue weighted by atomic mass is 16.5. The molecule has 0 aromatic carbocycles. The lowest BCUT2D eigenvalue weighted by Crippen LogP contribution is -2.17. The van der Waals surface area contributed by atoms with Gasteiger partial charge in [0.2, 0.25) is 0 Å². The Morgan fingerprint density at radius 1 is 1.50 bits per heavy atom. The summed E-state index contributed by atoms with van der Waals surface area (Å²) in [6, 6.07) is 1.83. The third kappa shape index (κ3) is 3.20. The number of ether oxygens (including phenoxy) is 2. The number of hydrogen-bond donors (Lipinski definition) is 1. The number of carbonyl (C=O) groups excluding carboxylic acids is 1. The van der Waals surface area contributed by atoms with Gasteiger partial charge in [-0.25, -0.2) is 0 Å². The minimum absolute atomic E-state index is 0.0879. The molecule has 1 heterocycles. The lowest BCUT2D eigenvalue weighted by atomic mass is 9.97. The second kappa shape index (κ2) is 6.07. The van der Waals surface area contributed by atoms with Crippen LogP contribution >= 0.6 is 0 Å². The van der Waals surface area contributed by atoms with Crippen LogP contribution in [0.25, 0.3) is 0 Å². The Morgan fingerprint density at radius 3 is 2.81 bits per heavy atom. The zero-order chi connectivity index (χ0) is 12.0. The highest BCUT2D eigenvalue weighted by Crippen LogP contribution is 2.21. The van der Waals surface area contributed by atoms with Gasteiger partial charge in [0.05, 0.1) is 26.8 Å². The monoisotopic (exact) mass is 224 g/mol. The number of pyridine rings is 1. The van der Waals surface area contributed by atoms with Crippen molar-refractivity contribution in [2.45, 2.75) is 12.3 Å². The van der Waals surface area contributed by atoms with E-state index in [2.05, 4.69) is 9.72 Å². The van der Waals surface area contributed by atoms with Crippen LogP contribution in [0.4, 0.5) is 0 Å². The van der Waals surface area contributed by atoms with Gasteiger partial charge in [-0.05, 0) is 18.2 Å². The predicted molar refractivity (Wildman–Crippen MR) is 59.2 cm³/mol. The molecule has 1 unspecified atom stereocenters. The summed E-state index contributed by atoms with van der Waals surface area (Å²) in [4.78, 5) is 15.2. The highest BCUT2D eigenvalue weighted by Gasteiger charge is 2.15. The molecule has 5 nitrogen and oxygen atoms in total. The average Bonchev–Trinajstić information content (AvgIpc) is 2.35. The minimum atomic E-state index is -0.279. The molecule has 1 atom stereocenters. The van der Waals surface area contributed by atoms with Gasteiger partial charge in [-0.2, -0.15) is 0 Å². The van der Waals surface area contributed by atoms with Crippen LogP contribution in [0.2, 0.25) is 0 Å². The summed E-state index contributed by atoms with van der Waals surface area (Å²) in [7, 11) is 2.93. The van der Waals surface area contributed by atoms with Crippen LogP contribution in [0.1, 0.15) is 17.9 Å². The van der Waals surface area contributed by atoms with Gasteiger partial charge in [0.15, 0.2) is 0 Å². The molecule has 5 heteroatoms. The van der Waals surface area contributed by atoms with Crippen LogP contribution in [0.5, 0.6) is 5.75 Å². The van der Waals surface area contributed by atoms with Crippen LogP contribution in [-0.4, -0.2) is 31.7 Å². The zero-order valence-electron chi connectivity index (χ0n) is 9.47. The maximum absolute atomic E-state index is 11.2. The smallest absolute Gasteiger partial charge is 0.306 e. The third-order valence-corrected chi connectivity index (χ3v) is 2.37. The summed E-state index contributed by atoms with van der Waals surface area (Å²) >= 11 is 0. The summed E-state index contributed by atoms with van der Waals surface area (Å²) < 4.78 is 9.68. The molecule has 0 saturated carbocycles. The summed E-state index contributed by atoms with van der Waals surface area (Å²) in [5.41, 5.74) is 6.50. The van der Waals surface area contributed by atoms with E-state index in [1.165, 1.54) is 7.11 Å². The van der Waals surface area contributed by atoms with Crippen molar-refractivity contribution >= 4 is 5.97 Å². The van der Waals surface area contributed by atoms with E-state index in [0.29, 0.717) is 12.3 Å². The SMILES string of the molecule is COC(=O)CC(CN)c1cncc(OC)c1. The molecule has 0 aliphatic rings. The molecule has 2 N–H and O–H groups in total. The fraction of sp³-hybridized carbons (Fsp3) is 0.455. The molecule has 1 aromatic rings. The Kier molecular flexibility index (Phi) is 4.72. The first-order valence-electron chi connectivity index (χ1n) is 4.97. The third-order valence-electron chi connectivity index (χ3n) is 2.37. The van der Waals surface area contributed by atoms with E-state index < -0.39 is 0 Å². The topological polar surface area (TPSA) is 74.4 Å². The number of hydrogen-bond acceptors (Lipinski definition) is 5. The van der Waals surface area contributed by atoms with Crippen molar-refractivity contribution in [1.82, 2.24) is 4.98 Å². The molecule has 1 aromatic heterocycles. The molecule has 0 aliphatic heterocycles. The van der Waals surface area contributed by atoms with Crippen molar-refractivity contribution in [3.63, 3.8) is 0 Å². The van der Waals surface area contributed by atoms with Crippen LogP contribution < -0.4 is 10.5 Å². The Hall–Kier alpha value is -1.62. The quantitative estimate of drug-likeness (QED) is 0.745. The number of nitrogens with zero attached hydrogens (tertiary/aromatic N) is 1. The number of carbonyl (C=O) groups is 1. The Morgan fingerprint density at radius 2 is 2.25 bits per heavy atom. The van der Waals surface area contributed by atoms with E-state index >= 15 is 0 Å². The summed E-state index contributed by atoms with van der Waals surface area (Å²) in [5.74, 6) is 0.286. The van der Waals surface area contributed by atoms with Gasteiger partial charge in [0.1, 0.15) is 5.75 Å². The van der Waals surface area contributed by atoms with E-state index in [9.17, 15) is 4.79 Å². The van der Waals surface area contributed by atoms with Crippen molar-refractivity contribution in [3.05, 3.63) is 24.0 Å². The van der Waals surface area contributed by atoms with E-state index in [1.807, 2.05) is 6.07 Å². The number of aromatic nitrogens is 1. The van der Waals surface area contributed by atoms with Crippen LogP contribution in [0.15, 0.2) is 18.5 Å². The van der Waals surface area contributed by atoms with Gasteiger partial charge >= 0.3 is 5.97 Å². The second-order valence-electron chi connectivity index (χ2n) is 3.37. The van der Waals surface area contributed by atoms with Gasteiger partial charge < -0.3 is 15.2 Å². The van der Waals surface area contributed by atoms with Crippen LogP contribution in [0, 0.1) is 0 Å². The van der Waals surface area contributed by atoms with E-state index in [4.69, 9.17) is 10.5 Å². The predicted octanol–water partition coefficient (Wildman–Crippen LogP) is 0.696. The number of methoxy groups -OCH3 is 2. The molecule has 0 fully saturated rings. The maximum atomic E-state index is 11.2. The molecular formula is C11H16N2O3. The fourth-order valence-corrected chi connectivity index (χ4v) is 1.39. The Labute approximate surface area is 94.6 Å². The normalized spacial score (nSPS) is 11.9. The first kappa shape index (κ1) is 12.4. The van der Waals surface area contributed by atoms with Gasteiger partial charge in [-0.3, -0.25) is 9.78 Å². The highest BCUT2D eigenvalue weighted by molar-refractivity contribution is 5.70. The molecule has 88 valence electrons. The summed E-state index contributed by atoms with van der Waals surface area (Å²) in [6.07, 6.45) is 3.54. The molecule has 0 bridgehead atoms. The van der Waals surface area contributed by atoms with Crippen LogP contribution in [0.3, 0.4) is 0 Å². The van der Waals surface area contributed by atoms with Gasteiger partial charge in [-0.1, -0.05) is 0 Å². The summed E-state index contributed by atoms with van der Waals surface area (Å²) in [5, 5.41) is 0. The Bertz CT molecular complexity index is 355. The van der Waals surface area contributed by atoms with Crippen molar-refractivity contribution < 1.29 is 14.3 Å². The molecule has 0 amide bonds. The van der Waals surface area contributed by atoms with Crippen molar-refractivity contribution in [2.75, 3.05) is 20.8 Å². The van der Waals surface area contributed by atoms with Crippen LogP contribution in [-0.2, 0) is 9.53 Å². The molecule has 0 saturated heterocycles. The maximum Gasteiger partial charge on any atom is 0.306 e. The largest absolute Gasteiger partial charge is 0.495 e. The Balaban J connectivity index is 2.81. The minimum Gasteiger partial charge on any atom is -0.495 e. The molecule has 1 rings (SSSR count). The van der Waals surface area contributed by atoms with Crippen molar-refractivity contribution in [1.29, 1.82) is 0 Å². The van der Waals surface area contributed by atoms with E-state index in [0.717, 1.165) is 5.56 Å². The van der Waals surface area contributed by atoms with Gasteiger partial charge in [0.25, 0.3) is 0 Å². The second-order valence-corrected chi connectivity index (χ2v) is 3.37. The molecule has 0 aliphatic carbocycles. The molecule has 0 spiro atoms. The van der Waals surface area contributed by atoms with E-state index in [1.54, 1.807) is 19.5 Å². The number of rotatable bonds is 5. The van der Waals surface area contributed by atoms with E-state index in [-0.39, 0.29) is 18.3 Å². The zero-order valence-corrected chi connectivity index (χ0v) is 9.47. The fourth-order valence-electron chi connectivity index (χ4n) is 1.39. The average molecular weight is 224 g/mol. The van der Waals surface area contributed by atoms with Crippen molar-refractivity contribution in [3.8, 4) is 5.75 Å². The van der Waals surface area contributed by atoms with Crippen molar-refractivity contribution in [2.24, 2.45) is 5.73 Å². The molecule has 16 heavy (non-hydrogen) atoms.